The molecule has 0 saturated heterocycles. The second-order valence-corrected chi connectivity index (χ2v) is 4.61. The highest BCUT2D eigenvalue weighted by Gasteiger charge is 2.14. The predicted molar refractivity (Wildman–Crippen MR) is 69.5 cm³/mol. The summed E-state index contributed by atoms with van der Waals surface area (Å²) in [6.45, 7) is 2.39. The Labute approximate surface area is 103 Å². The maximum atomic E-state index is 12.0. The van der Waals surface area contributed by atoms with Crippen molar-refractivity contribution in [3.63, 3.8) is 0 Å². The molecule has 1 amide bonds. The van der Waals surface area contributed by atoms with E-state index in [0.717, 1.165) is 10.1 Å². The van der Waals surface area contributed by atoms with Crippen molar-refractivity contribution in [2.24, 2.45) is 0 Å². The molecule has 17 heavy (non-hydrogen) atoms. The van der Waals surface area contributed by atoms with Crippen molar-refractivity contribution in [1.82, 2.24) is 5.32 Å². The second-order valence-electron chi connectivity index (χ2n) is 3.70. The van der Waals surface area contributed by atoms with Crippen LogP contribution in [0.15, 0.2) is 29.6 Å². The van der Waals surface area contributed by atoms with E-state index in [1.54, 1.807) is 0 Å². The van der Waals surface area contributed by atoms with E-state index < -0.39 is 0 Å². The lowest BCUT2D eigenvalue weighted by Crippen LogP contribution is -2.25. The minimum atomic E-state index is -0.215. The molecule has 1 heterocycles. The molecule has 0 spiro atoms. The minimum Gasteiger partial charge on any atom is -0.356 e. The van der Waals surface area contributed by atoms with E-state index in [-0.39, 0.29) is 18.1 Å². The van der Waals surface area contributed by atoms with Gasteiger partial charge in [0, 0.05) is 27.6 Å². The number of ketones is 1. The molecule has 0 radical (unpaired) electrons. The van der Waals surface area contributed by atoms with Crippen molar-refractivity contribution in [2.45, 2.75) is 13.3 Å². The summed E-state index contributed by atoms with van der Waals surface area (Å²) in [4.78, 5) is 23.3. The molecule has 3 nitrogen and oxygen atoms in total. The quantitative estimate of drug-likeness (QED) is 0.667. The Kier molecular flexibility index (Phi) is 3.54. The molecule has 0 aliphatic carbocycles. The largest absolute Gasteiger partial charge is 0.356 e. The Morgan fingerprint density at radius 1 is 1.29 bits per heavy atom. The number of hydrogen-bond donors (Lipinski definition) is 1. The lowest BCUT2D eigenvalue weighted by Gasteiger charge is -2.00. The van der Waals surface area contributed by atoms with Crippen LogP contribution >= 0.6 is 11.3 Å². The maximum Gasteiger partial charge on any atom is 0.227 e. The number of benzene rings is 1. The molecular formula is C13H13NO2S. The van der Waals surface area contributed by atoms with Gasteiger partial charge in [0.15, 0.2) is 5.78 Å². The zero-order valence-electron chi connectivity index (χ0n) is 9.53. The smallest absolute Gasteiger partial charge is 0.227 e. The molecule has 0 aliphatic rings. The van der Waals surface area contributed by atoms with Crippen LogP contribution in [0.3, 0.4) is 0 Å². The maximum absolute atomic E-state index is 12.0. The normalized spacial score (nSPS) is 10.4. The number of carbonyl (C=O) groups is 2. The molecule has 0 saturated carbocycles. The highest BCUT2D eigenvalue weighted by molar-refractivity contribution is 7.17. The zero-order chi connectivity index (χ0) is 12.3. The third kappa shape index (κ3) is 2.53. The van der Waals surface area contributed by atoms with Gasteiger partial charge < -0.3 is 5.32 Å². The van der Waals surface area contributed by atoms with Gasteiger partial charge >= 0.3 is 0 Å². The number of thiophene rings is 1. The van der Waals surface area contributed by atoms with Crippen LogP contribution in [-0.2, 0) is 4.79 Å². The van der Waals surface area contributed by atoms with E-state index in [0.29, 0.717) is 12.1 Å². The number of amides is 1. The molecule has 0 fully saturated rings. The van der Waals surface area contributed by atoms with Crippen LogP contribution < -0.4 is 5.32 Å². The number of rotatable bonds is 4. The second kappa shape index (κ2) is 5.10. The number of fused-ring (bicyclic) bond motifs is 1. The van der Waals surface area contributed by atoms with Gasteiger partial charge in [-0.1, -0.05) is 18.2 Å². The van der Waals surface area contributed by atoms with Gasteiger partial charge in [-0.25, -0.2) is 0 Å². The van der Waals surface area contributed by atoms with E-state index in [9.17, 15) is 9.59 Å². The number of Topliss-reactive ketones (excluding diaryl/α,β-unsaturated/α-hetero) is 1. The monoisotopic (exact) mass is 247 g/mol. The average molecular weight is 247 g/mol. The lowest BCUT2D eigenvalue weighted by molar-refractivity contribution is -0.120. The van der Waals surface area contributed by atoms with Crippen molar-refractivity contribution >= 4 is 33.1 Å². The van der Waals surface area contributed by atoms with Crippen molar-refractivity contribution in [2.75, 3.05) is 6.54 Å². The molecule has 1 N–H and O–H groups in total. The fourth-order valence-corrected chi connectivity index (χ4v) is 2.66. The van der Waals surface area contributed by atoms with Gasteiger partial charge in [0.2, 0.25) is 5.91 Å². The lowest BCUT2D eigenvalue weighted by atomic mass is 10.1. The Hall–Kier alpha value is -1.68. The zero-order valence-corrected chi connectivity index (χ0v) is 10.3. The first-order valence-corrected chi connectivity index (χ1v) is 6.36. The Morgan fingerprint density at radius 3 is 2.82 bits per heavy atom. The molecule has 88 valence electrons. The molecule has 1 aromatic carbocycles. The standard InChI is InChI=1S/C13H13NO2S/c1-2-14-13(16)7-11(15)10-8-17-12-6-4-3-5-9(10)12/h3-6,8H,2,7H2,1H3,(H,14,16). The Morgan fingerprint density at radius 2 is 2.06 bits per heavy atom. The van der Waals surface area contributed by atoms with Crippen LogP contribution in [0, 0.1) is 0 Å². The Bertz CT molecular complexity index is 559. The highest BCUT2D eigenvalue weighted by atomic mass is 32.1. The van der Waals surface area contributed by atoms with E-state index >= 15 is 0 Å². The topological polar surface area (TPSA) is 46.2 Å². The molecule has 0 bridgehead atoms. The summed E-state index contributed by atoms with van der Waals surface area (Å²) in [6, 6.07) is 7.73. The van der Waals surface area contributed by atoms with E-state index in [4.69, 9.17) is 0 Å². The van der Waals surface area contributed by atoms with Gasteiger partial charge in [0.25, 0.3) is 0 Å². The van der Waals surface area contributed by atoms with Gasteiger partial charge in [-0.3, -0.25) is 9.59 Å². The first-order chi connectivity index (χ1) is 8.22. The molecule has 4 heteroatoms. The molecule has 2 aromatic rings. The molecular weight excluding hydrogens is 234 g/mol. The fraction of sp³-hybridized carbons (Fsp3) is 0.231. The summed E-state index contributed by atoms with van der Waals surface area (Å²) in [5.41, 5.74) is 0.650. The predicted octanol–water partition coefficient (Wildman–Crippen LogP) is 2.61. The fourth-order valence-electron chi connectivity index (χ4n) is 1.69. The summed E-state index contributed by atoms with van der Waals surface area (Å²) in [7, 11) is 0. The van der Waals surface area contributed by atoms with Crippen LogP contribution in [0.1, 0.15) is 23.7 Å². The van der Waals surface area contributed by atoms with Crippen molar-refractivity contribution in [3.8, 4) is 0 Å². The van der Waals surface area contributed by atoms with Gasteiger partial charge in [-0.05, 0) is 13.0 Å². The van der Waals surface area contributed by atoms with Gasteiger partial charge in [0.05, 0.1) is 6.42 Å². The molecule has 1 aromatic heterocycles. The number of hydrogen-bond acceptors (Lipinski definition) is 3. The van der Waals surface area contributed by atoms with Crippen molar-refractivity contribution in [3.05, 3.63) is 35.2 Å². The third-order valence-electron chi connectivity index (χ3n) is 2.48. The SMILES string of the molecule is CCNC(=O)CC(=O)c1csc2ccccc12. The summed E-state index contributed by atoms with van der Waals surface area (Å²) in [5.74, 6) is -0.332. The highest BCUT2D eigenvalue weighted by Crippen LogP contribution is 2.26. The van der Waals surface area contributed by atoms with Crippen molar-refractivity contribution in [1.29, 1.82) is 0 Å². The van der Waals surface area contributed by atoms with E-state index in [2.05, 4.69) is 5.32 Å². The van der Waals surface area contributed by atoms with Gasteiger partial charge in [-0.15, -0.1) is 11.3 Å². The first kappa shape index (κ1) is 11.8. The van der Waals surface area contributed by atoms with Crippen LogP contribution in [0.2, 0.25) is 0 Å². The molecule has 2 rings (SSSR count). The third-order valence-corrected chi connectivity index (χ3v) is 3.44. The van der Waals surface area contributed by atoms with Crippen LogP contribution in [0.4, 0.5) is 0 Å². The van der Waals surface area contributed by atoms with Gasteiger partial charge in [-0.2, -0.15) is 0 Å². The number of nitrogens with one attached hydrogen (secondary N) is 1. The summed E-state index contributed by atoms with van der Waals surface area (Å²) < 4.78 is 1.08. The molecule has 0 aliphatic heterocycles. The average Bonchev–Trinajstić information content (AvgIpc) is 2.72. The van der Waals surface area contributed by atoms with Crippen LogP contribution in [0.5, 0.6) is 0 Å². The Balaban J connectivity index is 2.22. The van der Waals surface area contributed by atoms with Crippen LogP contribution in [-0.4, -0.2) is 18.2 Å². The van der Waals surface area contributed by atoms with E-state index in [1.165, 1.54) is 11.3 Å². The summed E-state index contributed by atoms with van der Waals surface area (Å²) in [6.07, 6.45) is -0.0748. The minimum absolute atomic E-state index is 0.0748. The first-order valence-electron chi connectivity index (χ1n) is 5.48. The molecule has 0 atom stereocenters. The summed E-state index contributed by atoms with van der Waals surface area (Å²) in [5, 5.41) is 5.39. The summed E-state index contributed by atoms with van der Waals surface area (Å²) >= 11 is 1.53. The molecule has 0 unspecified atom stereocenters. The van der Waals surface area contributed by atoms with Crippen LogP contribution in [0.25, 0.3) is 10.1 Å². The number of carbonyl (C=O) groups excluding carboxylic acids is 2. The van der Waals surface area contributed by atoms with Crippen molar-refractivity contribution < 1.29 is 9.59 Å². The van der Waals surface area contributed by atoms with Gasteiger partial charge in [0.1, 0.15) is 0 Å². The van der Waals surface area contributed by atoms with E-state index in [1.807, 2.05) is 36.6 Å².